The maximum Gasteiger partial charge on any atom is 0.416 e. The summed E-state index contributed by atoms with van der Waals surface area (Å²) in [5.74, 6) is -0.988. The summed E-state index contributed by atoms with van der Waals surface area (Å²) in [6.07, 6.45) is -2.95. The number of nitrogens with one attached hydrogen (secondary N) is 2. The first-order valence-corrected chi connectivity index (χ1v) is 7.73. The van der Waals surface area contributed by atoms with E-state index in [0.717, 1.165) is 44.1 Å². The number of piperidine rings is 1. The lowest BCUT2D eigenvalue weighted by atomic mass is 9.88. The molecule has 1 atom stereocenters. The molecule has 132 valence electrons. The van der Waals surface area contributed by atoms with Gasteiger partial charge >= 0.3 is 6.18 Å². The van der Waals surface area contributed by atoms with Gasteiger partial charge in [-0.05, 0) is 50.0 Å². The van der Waals surface area contributed by atoms with Gasteiger partial charge in [-0.3, -0.25) is 9.59 Å². The highest BCUT2D eigenvalue weighted by Crippen LogP contribution is 2.29. The van der Waals surface area contributed by atoms with Crippen molar-refractivity contribution in [3.8, 4) is 0 Å². The van der Waals surface area contributed by atoms with Crippen LogP contribution in [0.5, 0.6) is 0 Å². The predicted molar refractivity (Wildman–Crippen MR) is 82.4 cm³/mol. The second-order valence-electron chi connectivity index (χ2n) is 5.84. The molecule has 4 N–H and O–H groups in total. The molecular formula is C16H20F3N3O2. The zero-order valence-corrected chi connectivity index (χ0v) is 13.0. The Bertz CT molecular complexity index is 598. The SMILES string of the molecule is NC(C(=O)CNC(=O)c1cccc(C(F)(F)F)c1)C1CCNCC1. The van der Waals surface area contributed by atoms with Crippen LogP contribution in [0.25, 0.3) is 0 Å². The van der Waals surface area contributed by atoms with E-state index in [9.17, 15) is 22.8 Å². The fraction of sp³-hybridized carbons (Fsp3) is 0.500. The van der Waals surface area contributed by atoms with E-state index in [4.69, 9.17) is 5.73 Å². The molecule has 0 radical (unpaired) electrons. The van der Waals surface area contributed by atoms with Gasteiger partial charge in [-0.25, -0.2) is 0 Å². The summed E-state index contributed by atoms with van der Waals surface area (Å²) in [7, 11) is 0. The number of carbonyl (C=O) groups excluding carboxylic acids is 2. The van der Waals surface area contributed by atoms with Gasteiger partial charge in [-0.15, -0.1) is 0 Å². The minimum atomic E-state index is -4.52. The van der Waals surface area contributed by atoms with E-state index in [-0.39, 0.29) is 23.8 Å². The Labute approximate surface area is 137 Å². The number of hydrogen-bond acceptors (Lipinski definition) is 4. The van der Waals surface area contributed by atoms with Crippen molar-refractivity contribution in [3.05, 3.63) is 35.4 Å². The molecule has 8 heteroatoms. The number of rotatable bonds is 5. The van der Waals surface area contributed by atoms with Crippen molar-refractivity contribution in [2.75, 3.05) is 19.6 Å². The van der Waals surface area contributed by atoms with Crippen molar-refractivity contribution in [2.24, 2.45) is 11.7 Å². The quantitative estimate of drug-likeness (QED) is 0.753. The molecule has 1 aliphatic rings. The molecule has 0 saturated carbocycles. The Hall–Kier alpha value is -1.93. The summed E-state index contributed by atoms with van der Waals surface area (Å²) >= 11 is 0. The molecule has 1 heterocycles. The van der Waals surface area contributed by atoms with Gasteiger partial charge in [0.25, 0.3) is 5.91 Å². The summed E-state index contributed by atoms with van der Waals surface area (Å²) in [5, 5.41) is 5.52. The molecule has 1 aromatic rings. The van der Waals surface area contributed by atoms with Crippen LogP contribution in [0.4, 0.5) is 13.2 Å². The van der Waals surface area contributed by atoms with Crippen molar-refractivity contribution >= 4 is 11.7 Å². The number of halogens is 3. The third-order valence-corrected chi connectivity index (χ3v) is 4.14. The number of amides is 1. The van der Waals surface area contributed by atoms with Crippen LogP contribution in [-0.4, -0.2) is 37.4 Å². The number of benzene rings is 1. The lowest BCUT2D eigenvalue weighted by Crippen LogP contribution is -2.47. The van der Waals surface area contributed by atoms with Gasteiger partial charge in [-0.2, -0.15) is 13.2 Å². The summed E-state index contributed by atoms with van der Waals surface area (Å²) in [4.78, 5) is 24.0. The highest BCUT2D eigenvalue weighted by molar-refractivity contribution is 5.97. The van der Waals surface area contributed by atoms with Gasteiger partial charge in [0, 0.05) is 5.56 Å². The zero-order valence-electron chi connectivity index (χ0n) is 13.0. The molecule has 1 aromatic carbocycles. The standard InChI is InChI=1S/C16H20F3N3O2/c17-16(18,19)12-3-1-2-11(8-12)15(24)22-9-13(23)14(20)10-4-6-21-7-5-10/h1-3,8,10,14,21H,4-7,9,20H2,(H,22,24). The third-order valence-electron chi connectivity index (χ3n) is 4.14. The molecule has 0 aliphatic carbocycles. The Morgan fingerprint density at radius 3 is 2.58 bits per heavy atom. The summed E-state index contributed by atoms with van der Waals surface area (Å²) in [6.45, 7) is 1.30. The lowest BCUT2D eigenvalue weighted by Gasteiger charge is -2.27. The topological polar surface area (TPSA) is 84.2 Å². The van der Waals surface area contributed by atoms with Gasteiger partial charge < -0.3 is 16.4 Å². The van der Waals surface area contributed by atoms with Crippen LogP contribution >= 0.6 is 0 Å². The maximum atomic E-state index is 12.6. The monoisotopic (exact) mass is 343 g/mol. The number of alkyl halides is 3. The lowest BCUT2D eigenvalue weighted by molar-refractivity contribution is -0.137. The Kier molecular flexibility index (Phi) is 5.95. The van der Waals surface area contributed by atoms with Gasteiger partial charge in [0.2, 0.25) is 0 Å². The van der Waals surface area contributed by atoms with E-state index in [2.05, 4.69) is 10.6 Å². The highest BCUT2D eigenvalue weighted by atomic mass is 19.4. The minimum absolute atomic E-state index is 0.0595. The van der Waals surface area contributed by atoms with Gasteiger partial charge in [0.1, 0.15) is 0 Å². The predicted octanol–water partition coefficient (Wildman–Crippen LogP) is 1.33. The van der Waals surface area contributed by atoms with E-state index in [1.165, 1.54) is 6.07 Å². The molecule has 2 rings (SSSR count). The van der Waals surface area contributed by atoms with E-state index in [1.54, 1.807) is 0 Å². The van der Waals surface area contributed by atoms with Crippen molar-refractivity contribution in [1.82, 2.24) is 10.6 Å². The second kappa shape index (κ2) is 7.76. The molecule has 0 spiro atoms. The van der Waals surface area contributed by atoms with Gasteiger partial charge in [-0.1, -0.05) is 6.07 Å². The van der Waals surface area contributed by atoms with Crippen molar-refractivity contribution in [1.29, 1.82) is 0 Å². The normalized spacial score (nSPS) is 17.3. The number of hydrogen-bond donors (Lipinski definition) is 3. The molecule has 1 aliphatic heterocycles. The first-order valence-electron chi connectivity index (χ1n) is 7.73. The molecule has 1 amide bonds. The van der Waals surface area contributed by atoms with E-state index in [1.807, 2.05) is 0 Å². The Morgan fingerprint density at radius 1 is 1.29 bits per heavy atom. The molecule has 0 bridgehead atoms. The molecule has 1 fully saturated rings. The number of Topliss-reactive ketones (excluding diaryl/α,β-unsaturated/α-hetero) is 1. The molecule has 5 nitrogen and oxygen atoms in total. The Balaban J connectivity index is 1.91. The summed E-state index contributed by atoms with van der Waals surface area (Å²) in [5.41, 5.74) is 4.87. The fourth-order valence-corrected chi connectivity index (χ4v) is 2.69. The van der Waals surface area contributed by atoms with Crippen LogP contribution in [-0.2, 0) is 11.0 Å². The average Bonchev–Trinajstić information content (AvgIpc) is 2.58. The number of carbonyl (C=O) groups is 2. The van der Waals surface area contributed by atoms with Crippen molar-refractivity contribution in [2.45, 2.75) is 25.1 Å². The van der Waals surface area contributed by atoms with E-state index in [0.29, 0.717) is 0 Å². The fourth-order valence-electron chi connectivity index (χ4n) is 2.69. The Morgan fingerprint density at radius 2 is 1.96 bits per heavy atom. The first-order chi connectivity index (χ1) is 11.3. The van der Waals surface area contributed by atoms with E-state index < -0.39 is 23.7 Å². The van der Waals surface area contributed by atoms with Crippen LogP contribution in [0.2, 0.25) is 0 Å². The summed E-state index contributed by atoms with van der Waals surface area (Å²) < 4.78 is 37.9. The van der Waals surface area contributed by atoms with Crippen LogP contribution in [0.15, 0.2) is 24.3 Å². The minimum Gasteiger partial charge on any atom is -0.345 e. The van der Waals surface area contributed by atoms with Gasteiger partial charge in [0.05, 0.1) is 18.2 Å². The first kappa shape index (κ1) is 18.4. The second-order valence-corrected chi connectivity index (χ2v) is 5.84. The number of ketones is 1. The molecular weight excluding hydrogens is 323 g/mol. The molecule has 0 aromatic heterocycles. The molecule has 1 saturated heterocycles. The van der Waals surface area contributed by atoms with E-state index >= 15 is 0 Å². The third kappa shape index (κ3) is 4.78. The van der Waals surface area contributed by atoms with Crippen LogP contribution in [0.3, 0.4) is 0 Å². The number of nitrogens with two attached hydrogens (primary N) is 1. The van der Waals surface area contributed by atoms with Crippen molar-refractivity contribution in [3.63, 3.8) is 0 Å². The highest BCUT2D eigenvalue weighted by Gasteiger charge is 2.31. The maximum absolute atomic E-state index is 12.6. The molecule has 24 heavy (non-hydrogen) atoms. The van der Waals surface area contributed by atoms with Crippen molar-refractivity contribution < 1.29 is 22.8 Å². The average molecular weight is 343 g/mol. The van der Waals surface area contributed by atoms with Crippen LogP contribution in [0.1, 0.15) is 28.8 Å². The summed E-state index contributed by atoms with van der Waals surface area (Å²) in [6, 6.07) is 3.39. The smallest absolute Gasteiger partial charge is 0.345 e. The van der Waals surface area contributed by atoms with Gasteiger partial charge in [0.15, 0.2) is 5.78 Å². The zero-order chi connectivity index (χ0) is 17.7. The largest absolute Gasteiger partial charge is 0.416 e. The molecule has 1 unspecified atom stereocenters. The van der Waals surface area contributed by atoms with Crippen LogP contribution in [0, 0.1) is 5.92 Å². The van der Waals surface area contributed by atoms with Crippen LogP contribution < -0.4 is 16.4 Å².